The number of ether oxygens (including phenoxy) is 1. The molecule has 2 aliphatic carbocycles. The summed E-state index contributed by atoms with van der Waals surface area (Å²) >= 11 is 0. The highest BCUT2D eigenvalue weighted by Gasteiger charge is 2.22. The van der Waals surface area contributed by atoms with Crippen LogP contribution in [0.1, 0.15) is 32.1 Å². The fourth-order valence-corrected chi connectivity index (χ4v) is 2.95. The number of hydrogen-bond acceptors (Lipinski definition) is 5. The van der Waals surface area contributed by atoms with Gasteiger partial charge in [-0.1, -0.05) is 30.7 Å². The van der Waals surface area contributed by atoms with Gasteiger partial charge in [0.05, 0.1) is 5.92 Å². The molecule has 1 amide bonds. The number of rotatable bonds is 8. The molecule has 0 heterocycles. The van der Waals surface area contributed by atoms with Gasteiger partial charge in [-0.2, -0.15) is 0 Å². The number of amides is 1. The van der Waals surface area contributed by atoms with Crippen molar-refractivity contribution >= 4 is 11.9 Å². The molecule has 0 bridgehead atoms. The van der Waals surface area contributed by atoms with Gasteiger partial charge in [-0.3, -0.25) is 19.7 Å². The van der Waals surface area contributed by atoms with E-state index >= 15 is 0 Å². The van der Waals surface area contributed by atoms with Gasteiger partial charge in [0.15, 0.2) is 0 Å². The summed E-state index contributed by atoms with van der Waals surface area (Å²) in [6.45, 7) is 1.72. The van der Waals surface area contributed by atoms with Gasteiger partial charge in [-0.15, -0.1) is 0 Å². The first-order valence-corrected chi connectivity index (χ1v) is 8.98. The van der Waals surface area contributed by atoms with Crippen LogP contribution in [0.25, 0.3) is 0 Å². The largest absolute Gasteiger partial charge is 0.464 e. The summed E-state index contributed by atoms with van der Waals surface area (Å²) < 4.78 is 5.41. The van der Waals surface area contributed by atoms with Crippen molar-refractivity contribution in [1.29, 1.82) is 0 Å². The van der Waals surface area contributed by atoms with E-state index in [0.717, 1.165) is 31.3 Å². The molecule has 0 unspecified atom stereocenters. The summed E-state index contributed by atoms with van der Waals surface area (Å²) in [5, 5.41) is 8.43. The van der Waals surface area contributed by atoms with Crippen LogP contribution < -0.4 is 5.48 Å². The number of likely N-dealkylation sites (N-methyl/N-ethyl adjacent to an activating group) is 1. The Morgan fingerprint density at radius 2 is 2.08 bits per heavy atom. The van der Waals surface area contributed by atoms with Gasteiger partial charge in [0, 0.05) is 30.3 Å². The Kier molecular flexibility index (Phi) is 8.13. The number of allylic oxidation sites excluding steroid dienone is 3. The monoisotopic (exact) mass is 358 g/mol. The van der Waals surface area contributed by atoms with Crippen LogP contribution in [-0.4, -0.2) is 48.7 Å². The minimum Gasteiger partial charge on any atom is -0.464 e. The second-order valence-electron chi connectivity index (χ2n) is 6.61. The van der Waals surface area contributed by atoms with E-state index in [1.165, 1.54) is 18.0 Å². The predicted octanol–water partition coefficient (Wildman–Crippen LogP) is 2.28. The summed E-state index contributed by atoms with van der Waals surface area (Å²) in [6, 6.07) is 0. The van der Waals surface area contributed by atoms with E-state index in [-0.39, 0.29) is 11.9 Å². The van der Waals surface area contributed by atoms with Crippen molar-refractivity contribution in [2.45, 2.75) is 32.1 Å². The van der Waals surface area contributed by atoms with Crippen LogP contribution in [0.3, 0.4) is 0 Å². The molecule has 1 saturated carbocycles. The maximum atomic E-state index is 12.0. The lowest BCUT2D eigenvalue weighted by atomic mass is 9.89. The zero-order valence-electron chi connectivity index (χ0n) is 15.2. The van der Waals surface area contributed by atoms with Gasteiger partial charge in [-0.25, -0.2) is 5.48 Å². The molecule has 0 aromatic carbocycles. The zero-order chi connectivity index (χ0) is 18.8. The lowest BCUT2D eigenvalue weighted by molar-refractivity contribution is -0.150. The second-order valence-corrected chi connectivity index (χ2v) is 6.61. The lowest BCUT2D eigenvalue weighted by Crippen LogP contribution is -2.28. The standard InChI is InChI=1S/C20H26N2O4/c1-22(13-14-26-20(24)18-5-3-2-4-6-18)15-17-9-7-16(8-10-17)11-12-19(23)21-25/h7,9,11-12,18,25H,2-6,13-15H2,1H3,(H,21,23). The van der Waals surface area contributed by atoms with Gasteiger partial charge in [0.25, 0.3) is 5.91 Å². The minimum atomic E-state index is -0.593. The normalized spacial score (nSPS) is 17.3. The van der Waals surface area contributed by atoms with Crippen LogP contribution >= 0.6 is 0 Å². The molecule has 140 valence electrons. The molecule has 0 radical (unpaired) electrons. The molecule has 0 aromatic heterocycles. The molecule has 0 atom stereocenters. The van der Waals surface area contributed by atoms with E-state index in [9.17, 15) is 9.59 Å². The first-order chi connectivity index (χ1) is 12.6. The Balaban J connectivity index is 1.74. The quantitative estimate of drug-likeness (QED) is 0.229. The molecule has 1 fully saturated rings. The highest BCUT2D eigenvalue weighted by Crippen LogP contribution is 2.24. The molecule has 0 saturated heterocycles. The Morgan fingerprint density at radius 3 is 2.73 bits per heavy atom. The maximum Gasteiger partial charge on any atom is 0.308 e. The first-order valence-electron chi connectivity index (χ1n) is 8.98. The number of hydrogen-bond donors (Lipinski definition) is 2. The topological polar surface area (TPSA) is 78.9 Å². The van der Waals surface area contributed by atoms with Crippen LogP contribution in [0, 0.1) is 5.92 Å². The third-order valence-corrected chi connectivity index (χ3v) is 4.45. The summed E-state index contributed by atoms with van der Waals surface area (Å²) in [4.78, 5) is 25.0. The van der Waals surface area contributed by atoms with Crippen molar-refractivity contribution in [3.8, 4) is 0 Å². The molecule has 2 N–H and O–H groups in total. The minimum absolute atomic E-state index is 0.0546. The third-order valence-electron chi connectivity index (χ3n) is 4.45. The SMILES string of the molecule is CN(CCOC(=O)C1CCCCC1)CC1=C=C=C(C=CC(=O)NO)C=C1. The molecule has 6 nitrogen and oxygen atoms in total. The molecule has 6 heteroatoms. The van der Waals surface area contributed by atoms with Gasteiger partial charge in [0.2, 0.25) is 0 Å². The Morgan fingerprint density at radius 1 is 1.31 bits per heavy atom. The molecule has 2 aliphatic rings. The summed E-state index contributed by atoms with van der Waals surface area (Å²) in [5.41, 5.74) is 9.17. The number of esters is 1. The van der Waals surface area contributed by atoms with Gasteiger partial charge < -0.3 is 4.74 Å². The highest BCUT2D eigenvalue weighted by molar-refractivity contribution is 5.87. The van der Waals surface area contributed by atoms with Crippen LogP contribution in [-0.2, 0) is 14.3 Å². The van der Waals surface area contributed by atoms with Crippen LogP contribution in [0.2, 0.25) is 0 Å². The zero-order valence-corrected chi connectivity index (χ0v) is 15.2. The van der Waals surface area contributed by atoms with E-state index in [4.69, 9.17) is 9.94 Å². The van der Waals surface area contributed by atoms with E-state index in [1.54, 1.807) is 6.08 Å². The van der Waals surface area contributed by atoms with E-state index < -0.39 is 5.91 Å². The van der Waals surface area contributed by atoms with Gasteiger partial charge >= 0.3 is 5.97 Å². The molecular formula is C20H26N2O4. The van der Waals surface area contributed by atoms with E-state index in [0.29, 0.717) is 25.3 Å². The molecule has 0 aliphatic heterocycles. The lowest BCUT2D eigenvalue weighted by Gasteiger charge is -2.21. The second kappa shape index (κ2) is 10.6. The number of carbonyl (C=O) groups excluding carboxylic acids is 2. The fraction of sp³-hybridized carbons (Fsp3) is 0.500. The van der Waals surface area contributed by atoms with Crippen LogP contribution in [0.15, 0.2) is 46.9 Å². The number of carbonyl (C=O) groups is 2. The third kappa shape index (κ3) is 6.87. The molecule has 26 heavy (non-hydrogen) atoms. The molecule has 0 spiro atoms. The Hall–Kier alpha value is -2.36. The van der Waals surface area contributed by atoms with Crippen molar-refractivity contribution in [3.63, 3.8) is 0 Å². The predicted molar refractivity (Wildman–Crippen MR) is 97.3 cm³/mol. The summed E-state index contributed by atoms with van der Waals surface area (Å²) in [5.74, 6) is -0.559. The number of hydroxylamine groups is 1. The Bertz CT molecular complexity index is 674. The van der Waals surface area contributed by atoms with Crippen molar-refractivity contribution in [2.75, 3.05) is 26.7 Å². The summed E-state index contributed by atoms with van der Waals surface area (Å²) in [6.07, 6.45) is 11.9. The first kappa shape index (κ1) is 20.0. The average molecular weight is 358 g/mol. The van der Waals surface area contributed by atoms with Crippen molar-refractivity contribution in [3.05, 3.63) is 46.9 Å². The van der Waals surface area contributed by atoms with E-state index in [2.05, 4.69) is 16.4 Å². The molecule has 0 aromatic rings. The highest BCUT2D eigenvalue weighted by atomic mass is 16.5. The van der Waals surface area contributed by atoms with Crippen molar-refractivity contribution < 1.29 is 19.5 Å². The van der Waals surface area contributed by atoms with Crippen LogP contribution in [0.5, 0.6) is 0 Å². The Labute approximate surface area is 154 Å². The van der Waals surface area contributed by atoms with Gasteiger partial charge in [-0.05, 0) is 38.1 Å². The van der Waals surface area contributed by atoms with Crippen molar-refractivity contribution in [1.82, 2.24) is 10.4 Å². The number of nitrogens with zero attached hydrogens (tertiary/aromatic N) is 1. The molecular weight excluding hydrogens is 332 g/mol. The van der Waals surface area contributed by atoms with Gasteiger partial charge in [0.1, 0.15) is 6.61 Å². The van der Waals surface area contributed by atoms with Crippen LogP contribution in [0.4, 0.5) is 0 Å². The average Bonchev–Trinajstić information content (AvgIpc) is 2.67. The smallest absolute Gasteiger partial charge is 0.308 e. The summed E-state index contributed by atoms with van der Waals surface area (Å²) in [7, 11) is 1.96. The van der Waals surface area contributed by atoms with E-state index in [1.807, 2.05) is 19.2 Å². The number of nitrogens with one attached hydrogen (secondary N) is 1. The van der Waals surface area contributed by atoms with Crippen molar-refractivity contribution in [2.24, 2.45) is 5.92 Å². The fourth-order valence-electron chi connectivity index (χ4n) is 2.95. The maximum absolute atomic E-state index is 12.0. The molecule has 2 rings (SSSR count).